The molecule has 0 saturated carbocycles. The van der Waals surface area contributed by atoms with Crippen LogP contribution in [0.2, 0.25) is 5.02 Å². The number of ether oxygens (including phenoxy) is 1. The van der Waals surface area contributed by atoms with E-state index in [2.05, 4.69) is 10.4 Å². The van der Waals surface area contributed by atoms with E-state index in [0.29, 0.717) is 31.6 Å². The lowest BCUT2D eigenvalue weighted by atomic mass is 9.85. The van der Waals surface area contributed by atoms with E-state index in [1.807, 2.05) is 0 Å². The molecule has 2 aromatic heterocycles. The fourth-order valence-corrected chi connectivity index (χ4v) is 10.1. The molecule has 0 bridgehead atoms. The third kappa shape index (κ3) is 6.02. The van der Waals surface area contributed by atoms with Crippen LogP contribution in [0.5, 0.6) is 0 Å². The molecule has 0 spiro atoms. The predicted molar refractivity (Wildman–Crippen MR) is 175 cm³/mol. The Morgan fingerprint density at radius 3 is 2.35 bits per heavy atom. The van der Waals surface area contributed by atoms with Gasteiger partial charge in [-0.15, -0.1) is 0 Å². The second-order valence-corrected chi connectivity index (χ2v) is 15.8. The Morgan fingerprint density at radius 1 is 0.979 bits per heavy atom. The minimum absolute atomic E-state index is 0.0584. The van der Waals surface area contributed by atoms with E-state index < -0.39 is 62.1 Å². The summed E-state index contributed by atoms with van der Waals surface area (Å²) < 4.78 is 64.8. The summed E-state index contributed by atoms with van der Waals surface area (Å²) >= 11 is 6.19. The van der Waals surface area contributed by atoms with Gasteiger partial charge >= 0.3 is 5.97 Å². The first-order valence-corrected chi connectivity index (χ1v) is 18.4. The molecule has 2 unspecified atom stereocenters. The van der Waals surface area contributed by atoms with Gasteiger partial charge < -0.3 is 15.0 Å². The minimum Gasteiger partial charge on any atom is -0.467 e. The van der Waals surface area contributed by atoms with Crippen LogP contribution in [-0.2, 0) is 41.4 Å². The van der Waals surface area contributed by atoms with Gasteiger partial charge in [-0.3, -0.25) is 9.59 Å². The molecule has 48 heavy (non-hydrogen) atoms. The first-order valence-electron chi connectivity index (χ1n) is 15.1. The zero-order valence-electron chi connectivity index (χ0n) is 26.0. The largest absolute Gasteiger partial charge is 0.467 e. The summed E-state index contributed by atoms with van der Waals surface area (Å²) in [7, 11) is -6.64. The number of aromatic nitrogens is 3. The molecule has 254 valence electrons. The van der Waals surface area contributed by atoms with Gasteiger partial charge in [-0.25, -0.2) is 30.3 Å². The van der Waals surface area contributed by atoms with E-state index >= 15 is 0 Å². The van der Waals surface area contributed by atoms with Crippen molar-refractivity contribution in [2.24, 2.45) is 13.0 Å². The van der Waals surface area contributed by atoms with Crippen molar-refractivity contribution >= 4 is 54.4 Å². The van der Waals surface area contributed by atoms with Gasteiger partial charge in [0.15, 0.2) is 5.03 Å². The maximum absolute atomic E-state index is 14.5. The molecule has 2 aromatic carbocycles. The average molecular weight is 717 g/mol. The minimum atomic E-state index is -4.77. The Hall–Kier alpha value is -4.09. The summed E-state index contributed by atoms with van der Waals surface area (Å²) in [6.45, 7) is 0.0595. The Bertz CT molecular complexity index is 2170. The van der Waals surface area contributed by atoms with Gasteiger partial charge in [0.05, 0.1) is 35.8 Å². The highest BCUT2D eigenvalue weighted by molar-refractivity contribution is 7.92. The number of carbonyl (C=O) groups excluding carboxylic acids is 2. The molecule has 4 heterocycles. The molecule has 6 rings (SSSR count). The number of piperazine rings is 1. The summed E-state index contributed by atoms with van der Waals surface area (Å²) in [6, 6.07) is 13.5. The monoisotopic (exact) mass is 716 g/mol. The van der Waals surface area contributed by atoms with Gasteiger partial charge in [-0.1, -0.05) is 29.8 Å². The number of halogens is 1. The average Bonchev–Trinajstić information content (AvgIpc) is 3.48. The van der Waals surface area contributed by atoms with Gasteiger partial charge in [0.2, 0.25) is 5.91 Å². The molecule has 0 aliphatic carbocycles. The number of benzene rings is 2. The van der Waals surface area contributed by atoms with Crippen LogP contribution in [0.4, 0.5) is 0 Å². The van der Waals surface area contributed by atoms with Crippen LogP contribution in [0.1, 0.15) is 24.6 Å². The smallest absolute Gasteiger partial charge is 0.329 e. The van der Waals surface area contributed by atoms with Crippen molar-refractivity contribution in [1.82, 2.24) is 28.3 Å². The molecular formula is C31H33ClN6O8S2. The first kappa shape index (κ1) is 33.8. The van der Waals surface area contributed by atoms with Gasteiger partial charge in [-0.2, -0.15) is 9.40 Å². The maximum Gasteiger partial charge on any atom is 0.329 e. The third-order valence-electron chi connectivity index (χ3n) is 8.77. The van der Waals surface area contributed by atoms with Crippen molar-refractivity contribution in [2.45, 2.75) is 34.8 Å². The lowest BCUT2D eigenvalue weighted by Gasteiger charge is -2.45. The van der Waals surface area contributed by atoms with E-state index in [0.717, 1.165) is 20.1 Å². The molecular weight excluding hydrogens is 684 g/mol. The van der Waals surface area contributed by atoms with Gasteiger partial charge in [0, 0.05) is 30.1 Å². The summed E-state index contributed by atoms with van der Waals surface area (Å²) in [4.78, 5) is 41.0. The zero-order chi connectivity index (χ0) is 34.4. The number of esters is 1. The predicted octanol–water partition coefficient (Wildman–Crippen LogP) is 1.74. The van der Waals surface area contributed by atoms with Gasteiger partial charge in [-0.05, 0) is 74.3 Å². The number of nitrogens with zero attached hydrogens (tertiary/aromatic N) is 5. The van der Waals surface area contributed by atoms with E-state index in [-0.39, 0.29) is 32.3 Å². The number of piperidine rings is 1. The normalized spacial score (nSPS) is 19.0. The first-order chi connectivity index (χ1) is 22.8. The summed E-state index contributed by atoms with van der Waals surface area (Å²) in [5, 5.41) is 7.56. The van der Waals surface area contributed by atoms with Crippen molar-refractivity contribution in [2.75, 3.05) is 33.3 Å². The number of sulfonamides is 1. The van der Waals surface area contributed by atoms with E-state index in [9.17, 15) is 31.2 Å². The molecule has 1 N–H and O–H groups in total. The molecule has 2 aliphatic rings. The lowest BCUT2D eigenvalue weighted by molar-refractivity contribution is -0.160. The van der Waals surface area contributed by atoms with Crippen LogP contribution in [0.3, 0.4) is 0 Å². The Morgan fingerprint density at radius 2 is 1.69 bits per heavy atom. The molecule has 2 saturated heterocycles. The van der Waals surface area contributed by atoms with Crippen LogP contribution in [-0.4, -0.2) is 91.0 Å². The van der Waals surface area contributed by atoms with Crippen molar-refractivity contribution in [3.8, 4) is 0 Å². The number of fused-ring (bicyclic) bond motifs is 1. The van der Waals surface area contributed by atoms with E-state index in [1.54, 1.807) is 6.07 Å². The van der Waals surface area contributed by atoms with Gasteiger partial charge in [0.1, 0.15) is 6.04 Å². The lowest BCUT2D eigenvalue weighted by Crippen LogP contribution is -2.62. The summed E-state index contributed by atoms with van der Waals surface area (Å²) in [5.41, 5.74) is 0.0632. The van der Waals surface area contributed by atoms with Crippen molar-refractivity contribution < 1.29 is 31.2 Å². The molecule has 17 heteroatoms. The second kappa shape index (κ2) is 13.1. The number of amides is 1. The maximum atomic E-state index is 14.5. The highest BCUT2D eigenvalue weighted by Gasteiger charge is 2.49. The van der Waals surface area contributed by atoms with Crippen molar-refractivity contribution in [1.29, 1.82) is 0 Å². The number of nitrogens with one attached hydrogen (secondary N) is 1. The Kier molecular flexibility index (Phi) is 9.21. The number of rotatable bonds is 8. The summed E-state index contributed by atoms with van der Waals surface area (Å²) in [5.74, 6) is -1.76. The highest BCUT2D eigenvalue weighted by Crippen LogP contribution is 2.38. The molecule has 0 radical (unpaired) electrons. The fraction of sp³-hybridized carbons (Fsp3) is 0.355. The number of methoxy groups -OCH3 is 1. The van der Waals surface area contributed by atoms with Crippen LogP contribution in [0.25, 0.3) is 10.9 Å². The highest BCUT2D eigenvalue weighted by atomic mass is 35.5. The standard InChI is InChI=1S/C31H33ClN6O8S2/c1-35-27(39)11-9-24(34-35)30(20-12-14-33-15-13-20)37-26(31(41)46-2)18-36(19-28(37)40)48(44,45)29-17-21-16-22(32)8-10-25(21)38(29)47(42,43)23-6-4-3-5-7-23/h3-11,16-17,20,26,30,33H,12-15,18-19H2,1-2H3. The van der Waals surface area contributed by atoms with Gasteiger partial charge in [0.25, 0.3) is 25.6 Å². The van der Waals surface area contributed by atoms with Crippen LogP contribution < -0.4 is 10.9 Å². The zero-order valence-corrected chi connectivity index (χ0v) is 28.4. The fourth-order valence-electron chi connectivity index (χ4n) is 6.45. The molecule has 2 aliphatic heterocycles. The van der Waals surface area contributed by atoms with E-state index in [1.165, 1.54) is 72.6 Å². The molecule has 4 aromatic rings. The number of aryl methyl sites for hydroxylation is 1. The quantitative estimate of drug-likeness (QED) is 0.265. The van der Waals surface area contributed by atoms with Crippen molar-refractivity contribution in [3.63, 3.8) is 0 Å². The Labute approximate surface area is 281 Å². The van der Waals surface area contributed by atoms with Crippen LogP contribution in [0.15, 0.2) is 81.4 Å². The number of hydrogen-bond donors (Lipinski definition) is 1. The number of hydrogen-bond acceptors (Lipinski definition) is 10. The van der Waals surface area contributed by atoms with Crippen molar-refractivity contribution in [3.05, 3.63) is 87.8 Å². The molecule has 2 atom stereocenters. The summed E-state index contributed by atoms with van der Waals surface area (Å²) in [6.07, 6.45) is 1.24. The van der Waals surface area contributed by atoms with Crippen LogP contribution in [0, 0.1) is 5.92 Å². The molecule has 1 amide bonds. The topological polar surface area (TPSA) is 170 Å². The SMILES string of the molecule is COC(=O)C1CN(S(=O)(=O)c2cc3cc(Cl)ccc3n2S(=O)(=O)c2ccccc2)CC(=O)N1C(c1ccc(=O)n(C)n1)C1CCNCC1. The third-order valence-corrected chi connectivity index (χ3v) is 12.7. The van der Waals surface area contributed by atoms with Crippen LogP contribution >= 0.6 is 11.6 Å². The Balaban J connectivity index is 1.46. The molecule has 14 nitrogen and oxygen atoms in total. The van der Waals surface area contributed by atoms with E-state index in [4.69, 9.17) is 16.3 Å². The molecule has 2 fully saturated rings. The number of carbonyl (C=O) groups is 2. The second-order valence-electron chi connectivity index (χ2n) is 11.7.